The number of aliphatic hydroxyl groups excluding tert-OH is 1. The normalized spacial score (nSPS) is 29.5. The predicted molar refractivity (Wildman–Crippen MR) is 123 cm³/mol. The van der Waals surface area contributed by atoms with Crippen LogP contribution in [0.3, 0.4) is 0 Å². The lowest BCUT2D eigenvalue weighted by atomic mass is 9.97. The van der Waals surface area contributed by atoms with Gasteiger partial charge in [-0.15, -0.1) is 6.58 Å². The quantitative estimate of drug-likeness (QED) is 0.549. The number of fused-ring (bicyclic) bond motifs is 2. The maximum atomic E-state index is 11.1. The summed E-state index contributed by atoms with van der Waals surface area (Å²) in [4.78, 5) is 0. The second-order valence-electron chi connectivity index (χ2n) is 8.29. The van der Waals surface area contributed by atoms with Crippen LogP contribution in [0.4, 0.5) is 0 Å². The van der Waals surface area contributed by atoms with Crippen molar-refractivity contribution >= 4 is 10.8 Å². The van der Waals surface area contributed by atoms with Crippen LogP contribution in [-0.2, 0) is 30.3 Å². The Kier molecular flexibility index (Phi) is 6.83. The molecule has 0 radical (unpaired) electrons. The van der Waals surface area contributed by atoms with E-state index in [0.29, 0.717) is 13.2 Å². The van der Waals surface area contributed by atoms with Gasteiger partial charge in [-0.25, -0.2) is 0 Å². The van der Waals surface area contributed by atoms with E-state index in [1.54, 1.807) is 6.08 Å². The zero-order valence-electron chi connectivity index (χ0n) is 18.3. The van der Waals surface area contributed by atoms with Crippen molar-refractivity contribution in [1.29, 1.82) is 0 Å². The number of aliphatic hydroxyl groups is 1. The topological polar surface area (TPSA) is 66.4 Å². The number of hydrogen-bond donors (Lipinski definition) is 1. The molecule has 33 heavy (non-hydrogen) atoms. The van der Waals surface area contributed by atoms with Crippen LogP contribution in [-0.4, -0.2) is 49.0 Å². The molecule has 6 atom stereocenters. The Hall–Kier alpha value is -2.58. The molecule has 0 aliphatic carbocycles. The van der Waals surface area contributed by atoms with Crippen LogP contribution in [0.15, 0.2) is 85.5 Å². The predicted octanol–water partition coefficient (Wildman–Crippen LogP) is 4.13. The van der Waals surface area contributed by atoms with Gasteiger partial charge in [0.15, 0.2) is 12.6 Å². The molecule has 2 aliphatic rings. The minimum atomic E-state index is -1.03. The van der Waals surface area contributed by atoms with E-state index < -0.39 is 37.0 Å². The van der Waals surface area contributed by atoms with Gasteiger partial charge in [-0.05, 0) is 22.4 Å². The summed E-state index contributed by atoms with van der Waals surface area (Å²) < 4.78 is 30.1. The first-order valence-electron chi connectivity index (χ1n) is 11.2. The minimum Gasteiger partial charge on any atom is -0.385 e. The Balaban J connectivity index is 1.35. The highest BCUT2D eigenvalue weighted by atomic mass is 16.8. The van der Waals surface area contributed by atoms with E-state index >= 15 is 0 Å². The molecule has 172 valence electrons. The molecule has 0 bridgehead atoms. The Labute approximate surface area is 193 Å². The Morgan fingerprint density at radius 2 is 1.73 bits per heavy atom. The van der Waals surface area contributed by atoms with E-state index in [9.17, 15) is 5.11 Å². The first-order valence-corrected chi connectivity index (χ1v) is 11.2. The third kappa shape index (κ3) is 4.87. The van der Waals surface area contributed by atoms with Crippen molar-refractivity contribution in [2.45, 2.75) is 43.6 Å². The number of ether oxygens (including phenoxy) is 5. The van der Waals surface area contributed by atoms with Crippen molar-refractivity contribution in [3.05, 3.63) is 96.6 Å². The van der Waals surface area contributed by atoms with Crippen LogP contribution < -0.4 is 0 Å². The van der Waals surface area contributed by atoms with E-state index in [1.165, 1.54) is 5.39 Å². The fourth-order valence-electron chi connectivity index (χ4n) is 4.35. The average molecular weight is 449 g/mol. The molecule has 2 fully saturated rings. The van der Waals surface area contributed by atoms with Gasteiger partial charge in [-0.2, -0.15) is 0 Å². The second-order valence-corrected chi connectivity index (χ2v) is 8.29. The molecular formula is C27H28O6. The molecule has 6 heteroatoms. The average Bonchev–Trinajstić information content (AvgIpc) is 2.87. The van der Waals surface area contributed by atoms with Crippen molar-refractivity contribution in [3.8, 4) is 0 Å². The Morgan fingerprint density at radius 3 is 2.55 bits per heavy atom. The number of hydrogen-bond acceptors (Lipinski definition) is 6. The van der Waals surface area contributed by atoms with Gasteiger partial charge in [0, 0.05) is 5.56 Å². The smallest absolute Gasteiger partial charge is 0.187 e. The van der Waals surface area contributed by atoms with Crippen LogP contribution in [0.25, 0.3) is 10.8 Å². The Bertz CT molecular complexity index is 1070. The molecule has 0 amide bonds. The molecule has 0 aromatic heterocycles. The van der Waals surface area contributed by atoms with Gasteiger partial charge in [-0.1, -0.05) is 72.8 Å². The highest BCUT2D eigenvalue weighted by molar-refractivity contribution is 5.82. The Morgan fingerprint density at radius 1 is 0.939 bits per heavy atom. The first kappa shape index (κ1) is 22.2. The highest BCUT2D eigenvalue weighted by Crippen LogP contribution is 2.36. The summed E-state index contributed by atoms with van der Waals surface area (Å²) in [6.07, 6.45) is -2.41. The largest absolute Gasteiger partial charge is 0.385 e. The van der Waals surface area contributed by atoms with Crippen molar-refractivity contribution in [3.63, 3.8) is 0 Å². The van der Waals surface area contributed by atoms with E-state index in [4.69, 9.17) is 23.7 Å². The summed E-state index contributed by atoms with van der Waals surface area (Å²) in [5, 5.41) is 13.4. The van der Waals surface area contributed by atoms with Crippen molar-refractivity contribution in [2.75, 3.05) is 13.2 Å². The molecule has 3 aromatic carbocycles. The molecular weight excluding hydrogens is 420 g/mol. The van der Waals surface area contributed by atoms with E-state index in [2.05, 4.69) is 30.8 Å². The van der Waals surface area contributed by atoms with Gasteiger partial charge in [-0.3, -0.25) is 0 Å². The summed E-state index contributed by atoms with van der Waals surface area (Å²) in [6.45, 7) is 4.56. The van der Waals surface area contributed by atoms with Crippen LogP contribution in [0.5, 0.6) is 0 Å². The number of benzene rings is 3. The van der Waals surface area contributed by atoms with Crippen LogP contribution in [0.1, 0.15) is 17.4 Å². The third-order valence-electron chi connectivity index (χ3n) is 6.01. The maximum absolute atomic E-state index is 11.1. The van der Waals surface area contributed by atoms with Crippen molar-refractivity contribution in [2.24, 2.45) is 0 Å². The SMILES string of the molecule is C=CCO[C@@H]1OC2COC(c3ccccc3)O[C@@H]2[C@H](OCc2ccc3ccccc3c2)C1O. The molecule has 0 spiro atoms. The zero-order chi connectivity index (χ0) is 22.6. The lowest BCUT2D eigenvalue weighted by Gasteiger charge is -2.47. The summed E-state index contributed by atoms with van der Waals surface area (Å²) in [5.74, 6) is 0. The van der Waals surface area contributed by atoms with E-state index in [-0.39, 0.29) is 6.61 Å². The molecule has 2 heterocycles. The zero-order valence-corrected chi connectivity index (χ0v) is 18.3. The van der Waals surface area contributed by atoms with Crippen molar-refractivity contribution in [1.82, 2.24) is 0 Å². The molecule has 6 nitrogen and oxygen atoms in total. The summed E-state index contributed by atoms with van der Waals surface area (Å²) >= 11 is 0. The lowest BCUT2D eigenvalue weighted by Crippen LogP contribution is -2.63. The first-order chi connectivity index (χ1) is 16.2. The molecule has 3 unspecified atom stereocenters. The van der Waals surface area contributed by atoms with Gasteiger partial charge in [0.2, 0.25) is 0 Å². The molecule has 1 N–H and O–H groups in total. The van der Waals surface area contributed by atoms with Gasteiger partial charge in [0.25, 0.3) is 0 Å². The lowest BCUT2D eigenvalue weighted by molar-refractivity contribution is -0.365. The van der Waals surface area contributed by atoms with Gasteiger partial charge in [0.1, 0.15) is 24.4 Å². The standard InChI is InChI=1S/C27H28O6/c1-2-14-29-27-23(28)25(30-16-18-12-13-19-8-6-7-11-21(19)15-18)24-22(32-27)17-31-26(33-24)20-9-4-3-5-10-20/h2-13,15,22-28H,1,14,16-17H2/t22?,23?,24-,25+,26?,27+/m0/s1. The van der Waals surface area contributed by atoms with Crippen molar-refractivity contribution < 1.29 is 28.8 Å². The van der Waals surface area contributed by atoms with E-state index in [0.717, 1.165) is 16.5 Å². The minimum absolute atomic E-state index is 0.255. The van der Waals surface area contributed by atoms with Crippen LogP contribution in [0.2, 0.25) is 0 Å². The molecule has 2 aliphatic heterocycles. The van der Waals surface area contributed by atoms with Crippen LogP contribution in [0, 0.1) is 0 Å². The van der Waals surface area contributed by atoms with Gasteiger partial charge < -0.3 is 28.8 Å². The fraction of sp³-hybridized carbons (Fsp3) is 0.333. The molecule has 2 saturated heterocycles. The molecule has 3 aromatic rings. The van der Waals surface area contributed by atoms with Gasteiger partial charge >= 0.3 is 0 Å². The number of rotatable bonds is 7. The molecule has 0 saturated carbocycles. The third-order valence-corrected chi connectivity index (χ3v) is 6.01. The fourth-order valence-corrected chi connectivity index (χ4v) is 4.35. The summed E-state index contributed by atoms with van der Waals surface area (Å²) in [5.41, 5.74) is 1.92. The maximum Gasteiger partial charge on any atom is 0.187 e. The monoisotopic (exact) mass is 448 g/mol. The highest BCUT2D eigenvalue weighted by Gasteiger charge is 2.50. The van der Waals surface area contributed by atoms with Gasteiger partial charge in [0.05, 0.1) is 19.8 Å². The van der Waals surface area contributed by atoms with Crippen LogP contribution >= 0.6 is 0 Å². The summed E-state index contributed by atoms with van der Waals surface area (Å²) in [6, 6.07) is 24.1. The summed E-state index contributed by atoms with van der Waals surface area (Å²) in [7, 11) is 0. The van der Waals surface area contributed by atoms with E-state index in [1.807, 2.05) is 48.5 Å². The molecule has 5 rings (SSSR count). The second kappa shape index (κ2) is 10.1.